The monoisotopic (exact) mass is 374 g/mol. The van der Waals surface area contributed by atoms with E-state index in [-0.39, 0.29) is 11.3 Å². The number of hydrogen-bond acceptors (Lipinski definition) is 2. The van der Waals surface area contributed by atoms with Gasteiger partial charge in [0.25, 0.3) is 0 Å². The molecule has 0 saturated heterocycles. The number of nitrogens with one attached hydrogen (secondary N) is 1. The lowest BCUT2D eigenvalue weighted by molar-refractivity contribution is -0.119. The van der Waals surface area contributed by atoms with Gasteiger partial charge >= 0.3 is 0 Å². The normalized spacial score (nSPS) is 17.1. The lowest BCUT2D eigenvalue weighted by Crippen LogP contribution is -2.40. The van der Waals surface area contributed by atoms with Crippen molar-refractivity contribution in [2.24, 2.45) is 11.1 Å². The molecule has 1 fully saturated rings. The number of amides is 1. The second-order valence-corrected chi connectivity index (χ2v) is 6.59. The molecule has 0 spiro atoms. The van der Waals surface area contributed by atoms with Gasteiger partial charge in [0.2, 0.25) is 5.91 Å². The molecule has 0 unspecified atom stereocenters. The Balaban J connectivity index is 2.03. The Hall–Kier alpha value is -0.390. The lowest BCUT2D eigenvalue weighted by Gasteiger charge is -2.40. The summed E-state index contributed by atoms with van der Waals surface area (Å²) >= 11 is 6.87. The molecule has 1 aliphatic rings. The zero-order valence-corrected chi connectivity index (χ0v) is 13.2. The second-order valence-electron chi connectivity index (χ2n) is 4.88. The van der Waals surface area contributed by atoms with Gasteiger partial charge in [0.1, 0.15) is 0 Å². The number of rotatable bonds is 4. The maximum Gasteiger partial charge on any atom is 0.225 e. The molecular weight excluding hydrogens is 360 g/mol. The lowest BCUT2D eigenvalue weighted by atomic mass is 9.66. The third kappa shape index (κ3) is 2.95. The number of benzene rings is 1. The van der Waals surface area contributed by atoms with Crippen LogP contribution in [0.2, 0.25) is 0 Å². The molecule has 1 aromatic rings. The van der Waals surface area contributed by atoms with E-state index < -0.39 is 0 Å². The van der Waals surface area contributed by atoms with E-state index in [1.807, 2.05) is 18.2 Å². The fourth-order valence-corrected chi connectivity index (χ4v) is 3.47. The van der Waals surface area contributed by atoms with Gasteiger partial charge in [-0.1, -0.05) is 12.5 Å². The summed E-state index contributed by atoms with van der Waals surface area (Å²) in [7, 11) is 0. The standard InChI is InChI=1S/C13H16Br2N2O/c14-9-3-1-4-10(15)12(9)17-11(18)7-13(8-16)5-2-6-13/h1,3-4H,2,5-8,16H2,(H,17,18). The van der Waals surface area contributed by atoms with Crippen molar-refractivity contribution in [1.82, 2.24) is 0 Å². The molecule has 0 heterocycles. The van der Waals surface area contributed by atoms with Gasteiger partial charge in [-0.15, -0.1) is 0 Å². The van der Waals surface area contributed by atoms with Crippen molar-refractivity contribution in [3.63, 3.8) is 0 Å². The molecule has 98 valence electrons. The van der Waals surface area contributed by atoms with Gasteiger partial charge < -0.3 is 11.1 Å². The molecule has 0 bridgehead atoms. The topological polar surface area (TPSA) is 55.1 Å². The van der Waals surface area contributed by atoms with Crippen LogP contribution in [0.5, 0.6) is 0 Å². The molecule has 1 amide bonds. The van der Waals surface area contributed by atoms with E-state index in [2.05, 4.69) is 37.2 Å². The van der Waals surface area contributed by atoms with Crippen molar-refractivity contribution in [2.75, 3.05) is 11.9 Å². The Morgan fingerprint density at radius 2 is 1.94 bits per heavy atom. The third-order valence-electron chi connectivity index (χ3n) is 3.61. The molecule has 2 rings (SSSR count). The highest BCUT2D eigenvalue weighted by Gasteiger charge is 2.37. The van der Waals surface area contributed by atoms with E-state index in [0.717, 1.165) is 27.5 Å². The summed E-state index contributed by atoms with van der Waals surface area (Å²) in [4.78, 5) is 12.1. The van der Waals surface area contributed by atoms with Crippen molar-refractivity contribution in [1.29, 1.82) is 0 Å². The van der Waals surface area contributed by atoms with Crippen LogP contribution in [0.15, 0.2) is 27.1 Å². The minimum atomic E-state index is 0.0350. The van der Waals surface area contributed by atoms with E-state index in [4.69, 9.17) is 5.73 Å². The molecule has 18 heavy (non-hydrogen) atoms. The van der Waals surface area contributed by atoms with Gasteiger partial charge in [-0.25, -0.2) is 0 Å². The number of hydrogen-bond donors (Lipinski definition) is 2. The van der Waals surface area contributed by atoms with Crippen LogP contribution in [0.1, 0.15) is 25.7 Å². The van der Waals surface area contributed by atoms with Crippen LogP contribution in [0, 0.1) is 5.41 Å². The first kappa shape index (κ1) is 14.0. The van der Waals surface area contributed by atoms with Crippen molar-refractivity contribution >= 4 is 43.5 Å². The summed E-state index contributed by atoms with van der Waals surface area (Å²) in [5.74, 6) is 0.0350. The first-order valence-electron chi connectivity index (χ1n) is 6.00. The molecule has 0 atom stereocenters. The third-order valence-corrected chi connectivity index (χ3v) is 4.93. The molecule has 1 aliphatic carbocycles. The second kappa shape index (κ2) is 5.72. The highest BCUT2D eigenvalue weighted by molar-refractivity contribution is 9.11. The Bertz CT molecular complexity index is 433. The fourth-order valence-electron chi connectivity index (χ4n) is 2.27. The molecule has 0 radical (unpaired) electrons. The van der Waals surface area contributed by atoms with Crippen LogP contribution in [-0.4, -0.2) is 12.5 Å². The average molecular weight is 376 g/mol. The van der Waals surface area contributed by atoms with Gasteiger partial charge in [-0.2, -0.15) is 0 Å². The summed E-state index contributed by atoms with van der Waals surface area (Å²) in [6.07, 6.45) is 3.82. The van der Waals surface area contributed by atoms with E-state index >= 15 is 0 Å². The SMILES string of the molecule is NCC1(CC(=O)Nc2c(Br)cccc2Br)CCC1. The fraction of sp³-hybridized carbons (Fsp3) is 0.462. The average Bonchev–Trinajstić information content (AvgIpc) is 2.29. The number of carbonyl (C=O) groups excluding carboxylic acids is 1. The minimum Gasteiger partial charge on any atom is -0.330 e. The van der Waals surface area contributed by atoms with Crippen LogP contribution < -0.4 is 11.1 Å². The zero-order valence-electron chi connectivity index (χ0n) is 10.0. The van der Waals surface area contributed by atoms with E-state index in [1.165, 1.54) is 6.42 Å². The highest BCUT2D eigenvalue weighted by Crippen LogP contribution is 2.43. The van der Waals surface area contributed by atoms with Crippen molar-refractivity contribution in [3.05, 3.63) is 27.1 Å². The largest absolute Gasteiger partial charge is 0.330 e. The summed E-state index contributed by atoms with van der Waals surface area (Å²) in [5, 5.41) is 2.95. The molecular formula is C13H16Br2N2O. The summed E-state index contributed by atoms with van der Waals surface area (Å²) in [6.45, 7) is 0.595. The smallest absolute Gasteiger partial charge is 0.225 e. The number of halogens is 2. The maximum absolute atomic E-state index is 12.1. The van der Waals surface area contributed by atoms with Crippen LogP contribution in [0.3, 0.4) is 0 Å². The van der Waals surface area contributed by atoms with Gasteiger partial charge in [0.05, 0.1) is 5.69 Å². The highest BCUT2D eigenvalue weighted by atomic mass is 79.9. The molecule has 5 heteroatoms. The maximum atomic E-state index is 12.1. The van der Waals surface area contributed by atoms with E-state index in [9.17, 15) is 4.79 Å². The summed E-state index contributed by atoms with van der Waals surface area (Å²) in [5.41, 5.74) is 6.60. The molecule has 3 N–H and O–H groups in total. The van der Waals surface area contributed by atoms with Crippen LogP contribution in [-0.2, 0) is 4.79 Å². The van der Waals surface area contributed by atoms with Crippen LogP contribution in [0.25, 0.3) is 0 Å². The number of para-hydroxylation sites is 1. The van der Waals surface area contributed by atoms with Crippen molar-refractivity contribution in [2.45, 2.75) is 25.7 Å². The Morgan fingerprint density at radius 1 is 1.33 bits per heavy atom. The number of nitrogens with two attached hydrogens (primary N) is 1. The number of anilines is 1. The molecule has 1 aromatic carbocycles. The van der Waals surface area contributed by atoms with E-state index in [1.54, 1.807) is 0 Å². The summed E-state index contributed by atoms with van der Waals surface area (Å²) < 4.78 is 1.75. The van der Waals surface area contributed by atoms with Gasteiger partial charge in [0, 0.05) is 15.4 Å². The predicted molar refractivity (Wildman–Crippen MR) is 80.4 cm³/mol. The van der Waals surface area contributed by atoms with Crippen LogP contribution in [0.4, 0.5) is 5.69 Å². The van der Waals surface area contributed by atoms with Gasteiger partial charge in [0.15, 0.2) is 0 Å². The van der Waals surface area contributed by atoms with Gasteiger partial charge in [-0.05, 0) is 68.8 Å². The van der Waals surface area contributed by atoms with E-state index in [0.29, 0.717) is 13.0 Å². The molecule has 0 aliphatic heterocycles. The Labute approximate surface area is 124 Å². The summed E-state index contributed by atoms with van der Waals surface area (Å²) in [6, 6.07) is 5.72. The Morgan fingerprint density at radius 3 is 2.39 bits per heavy atom. The first-order valence-corrected chi connectivity index (χ1v) is 7.59. The Kier molecular flexibility index (Phi) is 4.45. The quantitative estimate of drug-likeness (QED) is 0.843. The predicted octanol–water partition coefficient (Wildman–Crippen LogP) is 3.67. The molecule has 3 nitrogen and oxygen atoms in total. The minimum absolute atomic E-state index is 0.0350. The van der Waals surface area contributed by atoms with Crippen molar-refractivity contribution in [3.8, 4) is 0 Å². The van der Waals surface area contributed by atoms with Crippen molar-refractivity contribution < 1.29 is 4.79 Å². The first-order chi connectivity index (χ1) is 8.56. The molecule has 0 aromatic heterocycles. The van der Waals surface area contributed by atoms with Gasteiger partial charge in [-0.3, -0.25) is 4.79 Å². The number of carbonyl (C=O) groups is 1. The van der Waals surface area contributed by atoms with Crippen LogP contribution >= 0.6 is 31.9 Å². The molecule has 1 saturated carbocycles. The zero-order chi connectivity index (χ0) is 13.2.